The van der Waals surface area contributed by atoms with Gasteiger partial charge in [-0.3, -0.25) is 14.6 Å². The van der Waals surface area contributed by atoms with Crippen molar-refractivity contribution in [2.75, 3.05) is 18.5 Å². The van der Waals surface area contributed by atoms with Crippen LogP contribution in [0, 0.1) is 12.7 Å². The fourth-order valence-corrected chi connectivity index (χ4v) is 4.00. The number of hydrazine groups is 1. The summed E-state index contributed by atoms with van der Waals surface area (Å²) in [4.78, 5) is 24.9. The number of nitrogen functional groups attached to an aromatic ring is 1. The van der Waals surface area contributed by atoms with Gasteiger partial charge in [0, 0.05) is 24.1 Å². The first-order valence-electron chi connectivity index (χ1n) is 9.46. The van der Waals surface area contributed by atoms with Gasteiger partial charge in [0.1, 0.15) is 10.6 Å². The number of nitrogens with zero attached hydrogens (tertiary/aromatic N) is 1. The van der Waals surface area contributed by atoms with Gasteiger partial charge in [0.15, 0.2) is 9.84 Å². The molecule has 0 bridgehead atoms. The summed E-state index contributed by atoms with van der Waals surface area (Å²) in [6, 6.07) is 9.25. The van der Waals surface area contributed by atoms with Gasteiger partial charge in [-0.25, -0.2) is 18.7 Å². The number of sulfone groups is 1. The van der Waals surface area contributed by atoms with E-state index in [4.69, 9.17) is 11.6 Å². The summed E-state index contributed by atoms with van der Waals surface area (Å²) in [5, 5.41) is 3.13. The molecule has 8 nitrogen and oxygen atoms in total. The minimum absolute atomic E-state index is 0.0831. The van der Waals surface area contributed by atoms with E-state index in [9.17, 15) is 22.4 Å². The van der Waals surface area contributed by atoms with Crippen molar-refractivity contribution in [3.8, 4) is 11.1 Å². The normalized spacial score (nSPS) is 13.3. The topological polar surface area (TPSA) is 136 Å². The smallest absolute Gasteiger partial charge is 0.269 e. The Hall–Kier alpha value is -2.92. The van der Waals surface area contributed by atoms with Crippen LogP contribution in [-0.2, 0) is 14.6 Å². The van der Waals surface area contributed by atoms with E-state index in [1.165, 1.54) is 33.1 Å². The van der Waals surface area contributed by atoms with Crippen LogP contribution in [0.5, 0.6) is 0 Å². The number of halogens is 1. The molecule has 0 heterocycles. The highest BCUT2D eigenvalue weighted by Gasteiger charge is 2.42. The number of rotatable bonds is 7. The third kappa shape index (κ3) is 5.05. The minimum Gasteiger partial charge on any atom is -0.405 e. The fourth-order valence-electron chi connectivity index (χ4n) is 3.10. The molecule has 0 aromatic heterocycles. The average Bonchev–Trinajstić information content (AvgIpc) is 2.69. The third-order valence-corrected chi connectivity index (χ3v) is 7.36. The van der Waals surface area contributed by atoms with E-state index in [0.717, 1.165) is 16.8 Å². The van der Waals surface area contributed by atoms with Gasteiger partial charge < -0.3 is 11.0 Å². The SMILES string of the molecule is BNC(=O)C(C)(CCN(N)C(=O)c1ccc(-c2ccc(C)cc2F)cc1N)S(C)(=O)=O. The molecule has 31 heavy (non-hydrogen) atoms. The number of amides is 2. The molecule has 0 aliphatic rings. The quantitative estimate of drug-likeness (QED) is 0.186. The number of carbonyl (C=O) groups excluding carboxylic acids is 2. The maximum atomic E-state index is 14.2. The van der Waals surface area contributed by atoms with Gasteiger partial charge in [-0.15, -0.1) is 0 Å². The van der Waals surface area contributed by atoms with E-state index in [-0.39, 0.29) is 24.2 Å². The Kier molecular flexibility index (Phi) is 7.12. The number of carbonyl (C=O) groups is 2. The van der Waals surface area contributed by atoms with E-state index < -0.39 is 32.2 Å². The third-order valence-electron chi connectivity index (χ3n) is 5.33. The highest BCUT2D eigenvalue weighted by Crippen LogP contribution is 2.28. The molecule has 0 spiro atoms. The Balaban J connectivity index is 2.23. The highest BCUT2D eigenvalue weighted by atomic mass is 32.2. The van der Waals surface area contributed by atoms with Gasteiger partial charge in [0.05, 0.1) is 5.56 Å². The van der Waals surface area contributed by atoms with Gasteiger partial charge in [0.25, 0.3) is 5.91 Å². The first kappa shape index (κ1) is 24.4. The molecule has 5 N–H and O–H groups in total. The van der Waals surface area contributed by atoms with Gasteiger partial charge in [0.2, 0.25) is 13.9 Å². The summed E-state index contributed by atoms with van der Waals surface area (Å²) in [6.07, 6.45) is 0.742. The average molecular weight is 448 g/mol. The molecule has 0 saturated heterocycles. The first-order chi connectivity index (χ1) is 14.3. The number of nitrogens with one attached hydrogen (secondary N) is 1. The van der Waals surface area contributed by atoms with E-state index in [1.807, 2.05) is 0 Å². The lowest BCUT2D eigenvalue weighted by Crippen LogP contribution is -2.52. The Morgan fingerprint density at radius 1 is 1.23 bits per heavy atom. The first-order valence-corrected chi connectivity index (χ1v) is 11.4. The summed E-state index contributed by atoms with van der Waals surface area (Å²) in [6.45, 7) is 2.85. The predicted octanol–water partition coefficient (Wildman–Crippen LogP) is 0.557. The Morgan fingerprint density at radius 2 is 1.87 bits per heavy atom. The van der Waals surface area contributed by atoms with Crippen molar-refractivity contribution >= 4 is 35.3 Å². The summed E-state index contributed by atoms with van der Waals surface area (Å²) in [5.74, 6) is 4.09. The molecular formula is C20H26BFN4O4S. The zero-order valence-corrected chi connectivity index (χ0v) is 18.7. The van der Waals surface area contributed by atoms with Crippen LogP contribution >= 0.6 is 0 Å². The van der Waals surface area contributed by atoms with Gasteiger partial charge in [-0.1, -0.05) is 18.2 Å². The second-order valence-electron chi connectivity index (χ2n) is 7.62. The van der Waals surface area contributed by atoms with Crippen molar-refractivity contribution < 1.29 is 22.4 Å². The molecule has 2 aromatic rings. The van der Waals surface area contributed by atoms with Crippen molar-refractivity contribution in [2.45, 2.75) is 25.0 Å². The summed E-state index contributed by atoms with van der Waals surface area (Å²) < 4.78 is 36.7. The van der Waals surface area contributed by atoms with Crippen molar-refractivity contribution in [2.24, 2.45) is 5.84 Å². The number of benzene rings is 2. The summed E-state index contributed by atoms with van der Waals surface area (Å²) in [7, 11) is -2.45. The number of anilines is 1. The van der Waals surface area contributed by atoms with Crippen molar-refractivity contribution in [1.82, 2.24) is 10.2 Å². The molecule has 0 fully saturated rings. The lowest BCUT2D eigenvalue weighted by atomic mass is 10.00. The molecule has 0 aliphatic carbocycles. The number of nitrogens with two attached hydrogens (primary N) is 2. The fraction of sp³-hybridized carbons (Fsp3) is 0.300. The molecule has 0 radical (unpaired) electrons. The second-order valence-corrected chi connectivity index (χ2v) is 10.1. The van der Waals surface area contributed by atoms with Crippen LogP contribution in [0.15, 0.2) is 36.4 Å². The molecule has 2 aromatic carbocycles. The highest BCUT2D eigenvalue weighted by molar-refractivity contribution is 7.92. The zero-order valence-electron chi connectivity index (χ0n) is 17.9. The van der Waals surface area contributed by atoms with Crippen molar-refractivity contribution in [1.29, 1.82) is 0 Å². The Morgan fingerprint density at radius 3 is 2.39 bits per heavy atom. The minimum atomic E-state index is -3.78. The molecule has 1 unspecified atom stereocenters. The molecule has 2 rings (SSSR count). The van der Waals surface area contributed by atoms with Gasteiger partial charge in [-0.2, -0.15) is 0 Å². The predicted molar refractivity (Wildman–Crippen MR) is 121 cm³/mol. The number of hydrogen-bond acceptors (Lipinski definition) is 6. The Labute approximate surface area is 182 Å². The van der Waals surface area contributed by atoms with E-state index in [2.05, 4.69) is 5.23 Å². The van der Waals surface area contributed by atoms with Crippen molar-refractivity contribution in [3.63, 3.8) is 0 Å². The van der Waals surface area contributed by atoms with E-state index in [1.54, 1.807) is 25.1 Å². The van der Waals surface area contributed by atoms with Crippen LogP contribution < -0.4 is 16.8 Å². The van der Waals surface area contributed by atoms with E-state index in [0.29, 0.717) is 11.1 Å². The largest absolute Gasteiger partial charge is 0.405 e. The van der Waals surface area contributed by atoms with Crippen molar-refractivity contribution in [3.05, 3.63) is 53.3 Å². The lowest BCUT2D eigenvalue weighted by molar-refractivity contribution is -0.121. The molecule has 1 atom stereocenters. The molecule has 0 saturated carbocycles. The molecular weight excluding hydrogens is 422 g/mol. The van der Waals surface area contributed by atoms with Crippen LogP contribution in [0.1, 0.15) is 29.3 Å². The standard InChI is InChI=1S/C20H26BFN4O4S/c1-12-4-6-14(16(22)10-12)13-5-7-15(17(23)11-13)18(27)26(24)9-8-20(2,19(28)25-21)31(3,29)30/h4-7,10-11H,8-9,21,23-24H2,1-3H3,(H,25,28). The maximum Gasteiger partial charge on any atom is 0.269 e. The zero-order chi connectivity index (χ0) is 23.6. The number of aryl methyl sites for hydroxylation is 1. The molecule has 2 amide bonds. The maximum absolute atomic E-state index is 14.2. The number of hydrogen-bond donors (Lipinski definition) is 3. The van der Waals surface area contributed by atoms with Crippen LogP contribution in [0.4, 0.5) is 10.1 Å². The summed E-state index contributed by atoms with van der Waals surface area (Å²) >= 11 is 0. The second kappa shape index (κ2) is 9.07. The molecule has 0 aliphatic heterocycles. The van der Waals surface area contributed by atoms with Crippen LogP contribution in [-0.4, -0.2) is 50.8 Å². The van der Waals surface area contributed by atoms with Crippen LogP contribution in [0.3, 0.4) is 0 Å². The molecule has 166 valence electrons. The van der Waals surface area contributed by atoms with Gasteiger partial charge >= 0.3 is 0 Å². The molecule has 11 heteroatoms. The van der Waals surface area contributed by atoms with Crippen LogP contribution in [0.2, 0.25) is 0 Å². The Bertz CT molecular complexity index is 1130. The monoisotopic (exact) mass is 448 g/mol. The van der Waals surface area contributed by atoms with E-state index >= 15 is 0 Å². The summed E-state index contributed by atoms with van der Waals surface area (Å²) in [5.41, 5.74) is 7.81. The lowest BCUT2D eigenvalue weighted by Gasteiger charge is -2.28. The van der Waals surface area contributed by atoms with Gasteiger partial charge in [-0.05, 0) is 49.6 Å². The van der Waals surface area contributed by atoms with Crippen LogP contribution in [0.25, 0.3) is 11.1 Å².